The lowest BCUT2D eigenvalue weighted by molar-refractivity contribution is -0.143. The Balaban J connectivity index is 1.95. The van der Waals surface area contributed by atoms with Gasteiger partial charge in [0.25, 0.3) is 0 Å². The second-order valence-corrected chi connectivity index (χ2v) is 6.61. The third kappa shape index (κ3) is 4.74. The van der Waals surface area contributed by atoms with E-state index in [9.17, 15) is 14.4 Å². The van der Waals surface area contributed by atoms with Crippen LogP contribution in [0.3, 0.4) is 0 Å². The van der Waals surface area contributed by atoms with E-state index in [1.54, 1.807) is 23.6 Å². The quantitative estimate of drug-likeness (QED) is 0.752. The number of carbonyl (C=O) groups excluding carboxylic acids is 3. The maximum absolute atomic E-state index is 12.1. The minimum atomic E-state index is -0.484. The van der Waals surface area contributed by atoms with E-state index in [2.05, 4.69) is 12.2 Å². The third-order valence-corrected chi connectivity index (χ3v) is 5.23. The molecule has 1 aliphatic rings. The molecule has 130 valence electrons. The number of ether oxygens (including phenoxy) is 1. The first-order chi connectivity index (χ1) is 11.5. The fraction of sp³-hybridized carbons (Fsp3) is 0.471. The summed E-state index contributed by atoms with van der Waals surface area (Å²) in [6.45, 7) is 3.80. The Hall–Kier alpha value is -2.02. The van der Waals surface area contributed by atoms with Gasteiger partial charge in [-0.15, -0.1) is 11.8 Å². The van der Waals surface area contributed by atoms with Gasteiger partial charge in [0.2, 0.25) is 11.8 Å². The maximum atomic E-state index is 12.1. The Labute approximate surface area is 145 Å². The van der Waals surface area contributed by atoms with Gasteiger partial charge in [-0.05, 0) is 12.5 Å². The zero-order valence-corrected chi connectivity index (χ0v) is 14.7. The molecule has 0 bridgehead atoms. The van der Waals surface area contributed by atoms with Gasteiger partial charge in [-0.3, -0.25) is 14.4 Å². The molecule has 1 fully saturated rings. The SMILES string of the molecule is CCOC(=O)CNC(=O)CN1C(=O)CSC1C(C)c1ccccc1. The molecular formula is C17H22N2O4S. The average molecular weight is 350 g/mol. The number of benzene rings is 1. The fourth-order valence-corrected chi connectivity index (χ4v) is 3.88. The van der Waals surface area contributed by atoms with Crippen molar-refractivity contribution in [2.24, 2.45) is 0 Å². The lowest BCUT2D eigenvalue weighted by Gasteiger charge is -2.28. The van der Waals surface area contributed by atoms with Gasteiger partial charge in [-0.25, -0.2) is 0 Å². The van der Waals surface area contributed by atoms with Crippen molar-refractivity contribution in [1.29, 1.82) is 0 Å². The Bertz CT molecular complexity index is 594. The van der Waals surface area contributed by atoms with E-state index in [0.29, 0.717) is 5.75 Å². The number of thioether (sulfide) groups is 1. The fourth-order valence-electron chi connectivity index (χ4n) is 2.58. The molecule has 1 N–H and O–H groups in total. The van der Waals surface area contributed by atoms with Gasteiger partial charge in [0, 0.05) is 5.92 Å². The number of hydrogen-bond donors (Lipinski definition) is 1. The Morgan fingerprint density at radius 3 is 2.75 bits per heavy atom. The highest BCUT2D eigenvalue weighted by Crippen LogP contribution is 2.35. The van der Waals surface area contributed by atoms with E-state index in [1.807, 2.05) is 30.3 Å². The van der Waals surface area contributed by atoms with E-state index < -0.39 is 5.97 Å². The van der Waals surface area contributed by atoms with Crippen molar-refractivity contribution >= 4 is 29.5 Å². The number of amides is 2. The molecule has 7 heteroatoms. The first-order valence-electron chi connectivity index (χ1n) is 7.91. The normalized spacial score (nSPS) is 18.3. The molecule has 2 amide bonds. The van der Waals surface area contributed by atoms with E-state index in [1.165, 1.54) is 0 Å². The van der Waals surface area contributed by atoms with Gasteiger partial charge in [0.05, 0.1) is 17.7 Å². The molecule has 1 aromatic carbocycles. The topological polar surface area (TPSA) is 75.7 Å². The van der Waals surface area contributed by atoms with Crippen LogP contribution in [0.2, 0.25) is 0 Å². The number of hydrogen-bond acceptors (Lipinski definition) is 5. The van der Waals surface area contributed by atoms with E-state index >= 15 is 0 Å². The lowest BCUT2D eigenvalue weighted by atomic mass is 10.0. The first-order valence-corrected chi connectivity index (χ1v) is 8.96. The van der Waals surface area contributed by atoms with Crippen LogP contribution in [0, 0.1) is 0 Å². The van der Waals surface area contributed by atoms with Crippen molar-refractivity contribution in [3.05, 3.63) is 35.9 Å². The van der Waals surface area contributed by atoms with Crippen molar-refractivity contribution in [3.8, 4) is 0 Å². The molecule has 2 rings (SSSR count). The highest BCUT2D eigenvalue weighted by molar-refractivity contribution is 8.01. The summed E-state index contributed by atoms with van der Waals surface area (Å²) < 4.78 is 4.76. The predicted octanol–water partition coefficient (Wildman–Crippen LogP) is 1.37. The van der Waals surface area contributed by atoms with Crippen molar-refractivity contribution < 1.29 is 19.1 Å². The second kappa shape index (κ2) is 8.73. The number of rotatable bonds is 7. The molecule has 1 saturated heterocycles. The van der Waals surface area contributed by atoms with Gasteiger partial charge < -0.3 is 15.0 Å². The number of esters is 1. The second-order valence-electron chi connectivity index (χ2n) is 5.50. The molecule has 1 aliphatic heterocycles. The molecule has 6 nitrogen and oxygen atoms in total. The maximum Gasteiger partial charge on any atom is 0.325 e. The predicted molar refractivity (Wildman–Crippen MR) is 92.5 cm³/mol. The summed E-state index contributed by atoms with van der Waals surface area (Å²) in [6.07, 6.45) is 0. The van der Waals surface area contributed by atoms with E-state index in [-0.39, 0.29) is 42.8 Å². The number of carbonyl (C=O) groups is 3. The lowest BCUT2D eigenvalue weighted by Crippen LogP contribution is -2.44. The van der Waals surface area contributed by atoms with Crippen LogP contribution in [-0.2, 0) is 19.1 Å². The van der Waals surface area contributed by atoms with Gasteiger partial charge in [0.15, 0.2) is 0 Å². The average Bonchev–Trinajstić information content (AvgIpc) is 2.94. The van der Waals surface area contributed by atoms with Crippen LogP contribution in [0.4, 0.5) is 0 Å². The van der Waals surface area contributed by atoms with Crippen molar-refractivity contribution in [2.75, 3.05) is 25.4 Å². The number of nitrogens with zero attached hydrogens (tertiary/aromatic N) is 1. The van der Waals surface area contributed by atoms with E-state index in [0.717, 1.165) is 5.56 Å². The molecule has 0 aliphatic carbocycles. The number of nitrogens with one attached hydrogen (secondary N) is 1. The monoisotopic (exact) mass is 350 g/mol. The molecule has 0 saturated carbocycles. The van der Waals surface area contributed by atoms with Gasteiger partial charge in [0.1, 0.15) is 13.1 Å². The molecule has 2 unspecified atom stereocenters. The Morgan fingerprint density at radius 2 is 2.08 bits per heavy atom. The van der Waals surface area contributed by atoms with Crippen LogP contribution in [0.1, 0.15) is 25.3 Å². The summed E-state index contributed by atoms with van der Waals surface area (Å²) in [7, 11) is 0. The summed E-state index contributed by atoms with van der Waals surface area (Å²) in [6, 6.07) is 9.91. The van der Waals surface area contributed by atoms with Gasteiger partial charge in [-0.2, -0.15) is 0 Å². The third-order valence-electron chi connectivity index (χ3n) is 3.81. The first kappa shape index (κ1) is 18.3. The zero-order valence-electron chi connectivity index (χ0n) is 13.9. The van der Waals surface area contributed by atoms with Crippen LogP contribution in [-0.4, -0.2) is 53.5 Å². The van der Waals surface area contributed by atoms with Gasteiger partial charge >= 0.3 is 5.97 Å². The molecule has 1 aromatic rings. The van der Waals surface area contributed by atoms with Crippen LogP contribution in [0.5, 0.6) is 0 Å². The molecule has 0 radical (unpaired) electrons. The van der Waals surface area contributed by atoms with Crippen LogP contribution < -0.4 is 5.32 Å². The van der Waals surface area contributed by atoms with Crippen molar-refractivity contribution in [1.82, 2.24) is 10.2 Å². The molecular weight excluding hydrogens is 328 g/mol. The van der Waals surface area contributed by atoms with Crippen molar-refractivity contribution in [2.45, 2.75) is 25.1 Å². The summed E-state index contributed by atoms with van der Waals surface area (Å²) in [5.74, 6) is -0.418. The van der Waals surface area contributed by atoms with Crippen LogP contribution >= 0.6 is 11.8 Å². The smallest absolute Gasteiger partial charge is 0.325 e. The molecule has 1 heterocycles. The van der Waals surface area contributed by atoms with Crippen LogP contribution in [0.15, 0.2) is 30.3 Å². The van der Waals surface area contributed by atoms with Gasteiger partial charge in [-0.1, -0.05) is 37.3 Å². The summed E-state index contributed by atoms with van der Waals surface area (Å²) >= 11 is 1.54. The zero-order chi connectivity index (χ0) is 17.5. The largest absolute Gasteiger partial charge is 0.465 e. The summed E-state index contributed by atoms with van der Waals surface area (Å²) in [4.78, 5) is 37.0. The summed E-state index contributed by atoms with van der Waals surface area (Å²) in [5, 5.41) is 2.41. The minimum Gasteiger partial charge on any atom is -0.465 e. The highest BCUT2D eigenvalue weighted by atomic mass is 32.2. The standard InChI is InChI=1S/C17H22N2O4S/c1-3-23-16(22)9-18-14(20)10-19-15(21)11-24-17(19)12(2)13-7-5-4-6-8-13/h4-8,12,17H,3,9-11H2,1-2H3,(H,18,20). The Morgan fingerprint density at radius 1 is 1.38 bits per heavy atom. The highest BCUT2D eigenvalue weighted by Gasteiger charge is 2.36. The van der Waals surface area contributed by atoms with Crippen molar-refractivity contribution in [3.63, 3.8) is 0 Å². The molecule has 0 aromatic heterocycles. The molecule has 24 heavy (non-hydrogen) atoms. The summed E-state index contributed by atoms with van der Waals surface area (Å²) in [5.41, 5.74) is 1.13. The Kier molecular flexibility index (Phi) is 6.66. The molecule has 0 spiro atoms. The van der Waals surface area contributed by atoms with Crippen LogP contribution in [0.25, 0.3) is 0 Å². The van der Waals surface area contributed by atoms with E-state index in [4.69, 9.17) is 4.74 Å². The minimum absolute atomic E-state index is 0.0485. The molecule has 2 atom stereocenters.